The second kappa shape index (κ2) is 14.5. The maximum Gasteiger partial charge on any atom is 0.406 e. The Morgan fingerprint density at radius 3 is 2.42 bits per heavy atom. The minimum absolute atomic E-state index is 0.167. The zero-order valence-electron chi connectivity index (χ0n) is 26.1. The zero-order chi connectivity index (χ0) is 32.0. The molecule has 11 heteroatoms. The number of ether oxygens (including phenoxy) is 2. The van der Waals surface area contributed by atoms with Crippen molar-refractivity contribution >= 4 is 28.2 Å². The predicted octanol–water partition coefficient (Wildman–Crippen LogP) is 5.87. The molecule has 1 saturated heterocycles. The quantitative estimate of drug-likeness (QED) is 0.258. The molecule has 1 saturated carbocycles. The van der Waals surface area contributed by atoms with Crippen LogP contribution in [0.3, 0.4) is 0 Å². The molecule has 1 aliphatic carbocycles. The average molecular weight is 626 g/mol. The van der Waals surface area contributed by atoms with E-state index in [0.29, 0.717) is 40.4 Å². The van der Waals surface area contributed by atoms with E-state index in [0.717, 1.165) is 62.7 Å². The van der Waals surface area contributed by atoms with E-state index in [1.807, 2.05) is 6.07 Å². The molecule has 2 aromatic carbocycles. The first-order chi connectivity index (χ1) is 21.7. The minimum atomic E-state index is -4.40. The van der Waals surface area contributed by atoms with Crippen molar-refractivity contribution in [2.24, 2.45) is 0 Å². The Labute approximate surface area is 262 Å². The van der Waals surface area contributed by atoms with Crippen LogP contribution in [0.25, 0.3) is 10.9 Å². The first kappa shape index (κ1) is 32.5. The number of nitrogens with one attached hydrogen (secondary N) is 3. The number of halogens is 3. The Balaban J connectivity index is 1.29. The Morgan fingerprint density at radius 1 is 1.00 bits per heavy atom. The van der Waals surface area contributed by atoms with Crippen molar-refractivity contribution in [3.63, 3.8) is 0 Å². The van der Waals surface area contributed by atoms with Crippen LogP contribution in [0.1, 0.15) is 54.6 Å². The predicted molar refractivity (Wildman–Crippen MR) is 171 cm³/mol. The Hall–Kier alpha value is -3.88. The van der Waals surface area contributed by atoms with Gasteiger partial charge in [0.1, 0.15) is 12.3 Å². The number of hydrogen-bond acceptors (Lipinski definition) is 6. The van der Waals surface area contributed by atoms with Crippen LogP contribution in [0.2, 0.25) is 0 Å². The molecule has 5 rings (SSSR count). The van der Waals surface area contributed by atoms with Crippen LogP contribution in [0, 0.1) is 11.8 Å². The summed E-state index contributed by atoms with van der Waals surface area (Å²) in [5.41, 5.74) is 2.69. The van der Waals surface area contributed by atoms with Crippen LogP contribution in [0.4, 0.5) is 24.5 Å². The number of methoxy groups -OCH3 is 2. The van der Waals surface area contributed by atoms with E-state index in [1.54, 1.807) is 50.6 Å². The SMILES string of the molecule is CNC(=O)c1ccc(NCC#Cc2cc3c(NC4CCC(N5CCC(OC)CC5)CC4)cccc3n2CC(F)(F)F)c(OC)c1. The Morgan fingerprint density at radius 2 is 1.76 bits per heavy atom. The van der Waals surface area contributed by atoms with Crippen LogP contribution in [0.5, 0.6) is 5.75 Å². The first-order valence-corrected chi connectivity index (χ1v) is 15.5. The molecular weight excluding hydrogens is 583 g/mol. The molecule has 3 N–H and O–H groups in total. The van der Waals surface area contributed by atoms with Crippen molar-refractivity contribution in [1.29, 1.82) is 0 Å². The fourth-order valence-corrected chi connectivity index (χ4v) is 6.54. The minimum Gasteiger partial charge on any atom is -0.495 e. The molecule has 3 aromatic rings. The topological polar surface area (TPSA) is 79.8 Å². The number of hydrogen-bond donors (Lipinski definition) is 3. The molecule has 0 unspecified atom stereocenters. The summed E-state index contributed by atoms with van der Waals surface area (Å²) in [5.74, 6) is 6.14. The molecule has 0 radical (unpaired) electrons. The number of aromatic nitrogens is 1. The van der Waals surface area contributed by atoms with E-state index in [-0.39, 0.29) is 18.5 Å². The van der Waals surface area contributed by atoms with Gasteiger partial charge in [-0.3, -0.25) is 4.79 Å². The van der Waals surface area contributed by atoms with E-state index >= 15 is 0 Å². The highest BCUT2D eigenvalue weighted by Gasteiger charge is 2.31. The average Bonchev–Trinajstić information content (AvgIpc) is 3.39. The van der Waals surface area contributed by atoms with E-state index < -0.39 is 12.7 Å². The maximum absolute atomic E-state index is 13.7. The van der Waals surface area contributed by atoms with Crippen LogP contribution in [0.15, 0.2) is 42.5 Å². The number of carbonyl (C=O) groups is 1. The summed E-state index contributed by atoms with van der Waals surface area (Å²) >= 11 is 0. The highest BCUT2D eigenvalue weighted by molar-refractivity contribution is 5.95. The molecule has 0 spiro atoms. The van der Waals surface area contributed by atoms with E-state index in [9.17, 15) is 18.0 Å². The van der Waals surface area contributed by atoms with Gasteiger partial charge in [0.05, 0.1) is 36.7 Å². The van der Waals surface area contributed by atoms with E-state index in [1.165, 1.54) is 11.7 Å². The van der Waals surface area contributed by atoms with E-state index in [4.69, 9.17) is 9.47 Å². The molecule has 1 aromatic heterocycles. The Bertz CT molecular complexity index is 1530. The number of rotatable bonds is 9. The van der Waals surface area contributed by atoms with Crippen molar-refractivity contribution < 1.29 is 27.4 Å². The number of alkyl halides is 3. The summed E-state index contributed by atoms with van der Waals surface area (Å²) in [7, 11) is 4.84. The summed E-state index contributed by atoms with van der Waals surface area (Å²) in [4.78, 5) is 14.5. The summed E-state index contributed by atoms with van der Waals surface area (Å²) in [6.45, 7) is 1.19. The third-order valence-electron chi connectivity index (χ3n) is 8.94. The van der Waals surface area contributed by atoms with Gasteiger partial charge in [-0.2, -0.15) is 13.2 Å². The molecule has 2 aliphatic rings. The summed E-state index contributed by atoms with van der Waals surface area (Å²) in [6.07, 6.45) is 2.35. The Kier molecular flexibility index (Phi) is 10.5. The van der Waals surface area contributed by atoms with Gasteiger partial charge < -0.3 is 34.9 Å². The normalized spacial score (nSPS) is 19.5. The largest absolute Gasteiger partial charge is 0.495 e. The molecule has 45 heavy (non-hydrogen) atoms. The molecule has 2 fully saturated rings. The number of piperidine rings is 1. The van der Waals surface area contributed by atoms with Crippen molar-refractivity contribution in [2.45, 2.75) is 69.4 Å². The molecule has 1 amide bonds. The molecular formula is C34H42F3N5O3. The van der Waals surface area contributed by atoms with Crippen molar-refractivity contribution in [2.75, 3.05) is 51.5 Å². The third-order valence-corrected chi connectivity index (χ3v) is 8.94. The standard InChI is InChI=1S/C34H42F3N5O3/c1-38-33(43)23-9-14-30(32(20-23)45-3)39-17-5-6-26-21-28-29(7-4-8-31(28)42(26)22-34(35,36)37)40-24-10-12-25(13-11-24)41-18-15-27(44-2)16-19-41/h4,7-9,14,20-21,24-25,27,39-40H,10-13,15-19,22H2,1-3H3,(H,38,43). The van der Waals surface area contributed by atoms with Crippen LogP contribution >= 0.6 is 0 Å². The van der Waals surface area contributed by atoms with Crippen LogP contribution in [-0.4, -0.2) is 80.6 Å². The highest BCUT2D eigenvalue weighted by atomic mass is 19.4. The lowest BCUT2D eigenvalue weighted by atomic mass is 9.88. The lowest BCUT2D eigenvalue weighted by Crippen LogP contribution is -2.45. The number of benzene rings is 2. The number of nitrogens with zero attached hydrogens (tertiary/aromatic N) is 2. The van der Waals surface area contributed by atoms with Crippen molar-refractivity contribution in [3.05, 3.63) is 53.7 Å². The van der Waals surface area contributed by atoms with Crippen molar-refractivity contribution in [3.8, 4) is 17.6 Å². The van der Waals surface area contributed by atoms with Gasteiger partial charge in [-0.15, -0.1) is 0 Å². The van der Waals surface area contributed by atoms with E-state index in [2.05, 4.69) is 32.7 Å². The van der Waals surface area contributed by atoms with Gasteiger partial charge in [0, 0.05) is 56.0 Å². The van der Waals surface area contributed by atoms with Gasteiger partial charge in [-0.05, 0) is 80.8 Å². The summed E-state index contributed by atoms with van der Waals surface area (Å²) in [6, 6.07) is 13.0. The number of anilines is 2. The van der Waals surface area contributed by atoms with Gasteiger partial charge in [0.15, 0.2) is 0 Å². The van der Waals surface area contributed by atoms with Gasteiger partial charge >= 0.3 is 6.18 Å². The molecule has 2 heterocycles. The molecule has 0 bridgehead atoms. The molecule has 242 valence electrons. The smallest absolute Gasteiger partial charge is 0.406 e. The zero-order valence-corrected chi connectivity index (χ0v) is 26.1. The van der Waals surface area contributed by atoms with Gasteiger partial charge in [0.2, 0.25) is 0 Å². The van der Waals surface area contributed by atoms with Gasteiger partial charge in [0.25, 0.3) is 5.91 Å². The number of likely N-dealkylation sites (tertiary alicyclic amines) is 1. The summed E-state index contributed by atoms with van der Waals surface area (Å²) in [5, 5.41) is 10.1. The number of carbonyl (C=O) groups excluding carboxylic acids is 1. The second-order valence-electron chi connectivity index (χ2n) is 11.7. The van der Waals surface area contributed by atoms with Crippen molar-refractivity contribution in [1.82, 2.24) is 14.8 Å². The van der Waals surface area contributed by atoms with Crippen LogP contribution in [-0.2, 0) is 11.3 Å². The van der Waals surface area contributed by atoms with Gasteiger partial charge in [-0.25, -0.2) is 0 Å². The highest BCUT2D eigenvalue weighted by Crippen LogP contribution is 2.33. The first-order valence-electron chi connectivity index (χ1n) is 15.5. The van der Waals surface area contributed by atoms with Crippen LogP contribution < -0.4 is 20.7 Å². The third kappa shape index (κ3) is 8.05. The molecule has 0 atom stereocenters. The fraction of sp³-hybridized carbons (Fsp3) is 0.500. The monoisotopic (exact) mass is 625 g/mol. The second-order valence-corrected chi connectivity index (χ2v) is 11.7. The van der Waals surface area contributed by atoms with Gasteiger partial charge in [-0.1, -0.05) is 12.0 Å². The fourth-order valence-electron chi connectivity index (χ4n) is 6.54. The summed E-state index contributed by atoms with van der Waals surface area (Å²) < 4.78 is 53.2. The lowest BCUT2D eigenvalue weighted by molar-refractivity contribution is -0.140. The molecule has 8 nitrogen and oxygen atoms in total. The lowest BCUT2D eigenvalue weighted by Gasteiger charge is -2.40. The number of amides is 1. The molecule has 1 aliphatic heterocycles. The number of fused-ring (bicyclic) bond motifs is 1. The maximum atomic E-state index is 13.7.